The molecule has 6 heteroatoms. The first kappa shape index (κ1) is 30.4. The number of fused-ring (bicyclic) bond motifs is 12. The molecule has 3 aromatic heterocycles. The third-order valence-corrected chi connectivity index (χ3v) is 12.1. The number of rotatable bonds is 4. The lowest BCUT2D eigenvalue weighted by atomic mass is 9.96. The Balaban J connectivity index is 1.07. The molecule has 0 spiro atoms. The third kappa shape index (κ3) is 4.65. The summed E-state index contributed by atoms with van der Waals surface area (Å²) in [5.41, 5.74) is 8.89. The zero-order valence-corrected chi connectivity index (χ0v) is 30.1. The molecule has 1 N–H and O–H groups in total. The van der Waals surface area contributed by atoms with Crippen molar-refractivity contribution in [3.63, 3.8) is 0 Å². The van der Waals surface area contributed by atoms with Crippen LogP contribution in [0.4, 0.5) is 0 Å². The molecule has 0 saturated carbocycles. The van der Waals surface area contributed by atoms with Gasteiger partial charge in [0.25, 0.3) is 0 Å². The van der Waals surface area contributed by atoms with E-state index >= 15 is 0 Å². The molecule has 12 rings (SSSR count). The van der Waals surface area contributed by atoms with E-state index in [9.17, 15) is 0 Å². The highest BCUT2D eigenvalue weighted by Crippen LogP contribution is 2.48. The van der Waals surface area contributed by atoms with Crippen molar-refractivity contribution >= 4 is 97.8 Å². The van der Waals surface area contributed by atoms with Gasteiger partial charge in [-0.25, -0.2) is 9.98 Å². The minimum absolute atomic E-state index is 0.376. The number of thiophene rings is 1. The molecule has 1 aliphatic rings. The van der Waals surface area contributed by atoms with Crippen LogP contribution in [0, 0.1) is 0 Å². The maximum atomic E-state index is 6.87. The molecule has 1 unspecified atom stereocenters. The van der Waals surface area contributed by atoms with Crippen LogP contribution in [0.2, 0.25) is 0 Å². The summed E-state index contributed by atoms with van der Waals surface area (Å²) in [6.07, 6.45) is -0.376. The highest BCUT2D eigenvalue weighted by atomic mass is 32.1. The molecule has 55 heavy (non-hydrogen) atoms. The summed E-state index contributed by atoms with van der Waals surface area (Å²) < 4.78 is 15.9. The van der Waals surface area contributed by atoms with Crippen molar-refractivity contribution in [2.24, 2.45) is 9.98 Å². The Morgan fingerprint density at radius 2 is 1.15 bits per heavy atom. The second-order valence-electron chi connectivity index (χ2n) is 14.1. The summed E-state index contributed by atoms with van der Waals surface area (Å²) in [5, 5.41) is 12.6. The SMILES string of the molecule is c1ccc(C2=NC(c3cc4c5ccc(-c6cc7c8ccccc8oc7c7c6sc6ccccc67)cc5oc4c4ccccc34)NC(c3ccccc3)=N2)cc1. The first-order valence-corrected chi connectivity index (χ1v) is 19.2. The number of amidine groups is 2. The molecule has 8 aromatic carbocycles. The Hall–Kier alpha value is -7.02. The maximum absolute atomic E-state index is 6.87. The Morgan fingerprint density at radius 3 is 1.98 bits per heavy atom. The van der Waals surface area contributed by atoms with E-state index in [0.29, 0.717) is 5.84 Å². The number of furan rings is 2. The summed E-state index contributed by atoms with van der Waals surface area (Å²) in [5.74, 6) is 1.49. The van der Waals surface area contributed by atoms with Crippen molar-refractivity contribution in [1.82, 2.24) is 5.32 Å². The molecule has 0 saturated heterocycles. The van der Waals surface area contributed by atoms with Gasteiger partial charge in [-0.05, 0) is 47.3 Å². The Kier molecular flexibility index (Phi) is 6.50. The van der Waals surface area contributed by atoms with Gasteiger partial charge in [-0.2, -0.15) is 0 Å². The van der Waals surface area contributed by atoms with Crippen LogP contribution in [0.5, 0.6) is 0 Å². The van der Waals surface area contributed by atoms with Gasteiger partial charge in [-0.1, -0.05) is 127 Å². The number of nitrogens with zero attached hydrogens (tertiary/aromatic N) is 2. The zero-order valence-electron chi connectivity index (χ0n) is 29.3. The number of aliphatic imine (C=N–C) groups is 2. The Labute approximate surface area is 318 Å². The van der Waals surface area contributed by atoms with Gasteiger partial charge in [0.1, 0.15) is 34.3 Å². The normalized spacial score (nSPS) is 14.7. The predicted molar refractivity (Wildman–Crippen MR) is 229 cm³/mol. The van der Waals surface area contributed by atoms with Crippen molar-refractivity contribution in [2.75, 3.05) is 0 Å². The van der Waals surface area contributed by atoms with E-state index in [1.54, 1.807) is 0 Å². The van der Waals surface area contributed by atoms with Crippen molar-refractivity contribution in [3.05, 3.63) is 180 Å². The van der Waals surface area contributed by atoms with Crippen LogP contribution >= 0.6 is 11.3 Å². The number of hydrogen-bond acceptors (Lipinski definition) is 6. The predicted octanol–water partition coefficient (Wildman–Crippen LogP) is 13.2. The van der Waals surface area contributed by atoms with E-state index in [1.165, 1.54) is 25.7 Å². The van der Waals surface area contributed by atoms with Gasteiger partial charge in [-0.15, -0.1) is 11.3 Å². The molecule has 0 radical (unpaired) electrons. The van der Waals surface area contributed by atoms with Crippen molar-refractivity contribution in [1.29, 1.82) is 0 Å². The minimum atomic E-state index is -0.376. The van der Waals surface area contributed by atoms with Gasteiger partial charge >= 0.3 is 0 Å². The minimum Gasteiger partial charge on any atom is -0.455 e. The first-order chi connectivity index (χ1) is 27.2. The highest BCUT2D eigenvalue weighted by Gasteiger charge is 2.25. The molecule has 1 aliphatic heterocycles. The van der Waals surface area contributed by atoms with Crippen LogP contribution in [0.3, 0.4) is 0 Å². The van der Waals surface area contributed by atoms with E-state index in [2.05, 4.69) is 127 Å². The van der Waals surface area contributed by atoms with Crippen LogP contribution in [0.15, 0.2) is 183 Å². The Morgan fingerprint density at radius 1 is 0.491 bits per heavy atom. The van der Waals surface area contributed by atoms with Gasteiger partial charge in [-0.3, -0.25) is 0 Å². The van der Waals surface area contributed by atoms with E-state index in [0.717, 1.165) is 82.7 Å². The van der Waals surface area contributed by atoms with Crippen LogP contribution < -0.4 is 5.32 Å². The fraction of sp³-hybridized carbons (Fsp3) is 0.0204. The van der Waals surface area contributed by atoms with Crippen LogP contribution in [-0.2, 0) is 0 Å². The second-order valence-corrected chi connectivity index (χ2v) is 15.1. The third-order valence-electron chi connectivity index (χ3n) is 10.9. The standard InChI is InChI=1S/C49H29N3O2S/c1-3-13-28(14-4-1)47-50-48(29-15-5-2-6-16-29)52-49(51-47)39-27-37-33-24-23-30(25-41(33)54-44(37)34-19-8-7-17-31(34)39)36-26-38-32-18-9-11-21-40(32)53-45(38)43-35-20-10-12-22-42(35)55-46(36)43/h1-27,49H,(H,50,51,52). The summed E-state index contributed by atoms with van der Waals surface area (Å²) in [6.45, 7) is 0. The molecule has 258 valence electrons. The molecule has 0 bridgehead atoms. The monoisotopic (exact) mass is 723 g/mol. The largest absolute Gasteiger partial charge is 0.455 e. The van der Waals surface area contributed by atoms with Gasteiger partial charge in [0.05, 0.1) is 0 Å². The van der Waals surface area contributed by atoms with Crippen molar-refractivity contribution in [2.45, 2.75) is 6.17 Å². The van der Waals surface area contributed by atoms with Gasteiger partial charge in [0, 0.05) is 69.4 Å². The van der Waals surface area contributed by atoms with E-state index in [4.69, 9.17) is 18.8 Å². The van der Waals surface area contributed by atoms with Crippen LogP contribution in [0.25, 0.3) is 85.9 Å². The fourth-order valence-electron chi connectivity index (χ4n) is 8.37. The maximum Gasteiger partial charge on any atom is 0.159 e. The van der Waals surface area contributed by atoms with E-state index < -0.39 is 0 Å². The summed E-state index contributed by atoms with van der Waals surface area (Å²) >= 11 is 1.82. The highest BCUT2D eigenvalue weighted by molar-refractivity contribution is 7.26. The summed E-state index contributed by atoms with van der Waals surface area (Å²) in [4.78, 5) is 10.3. The fourth-order valence-corrected chi connectivity index (χ4v) is 9.61. The average molecular weight is 724 g/mol. The molecule has 0 fully saturated rings. The Bertz CT molecular complexity index is 3410. The number of nitrogens with one attached hydrogen (secondary N) is 1. The second kappa shape index (κ2) is 11.7. The molecule has 0 amide bonds. The average Bonchev–Trinajstić information content (AvgIpc) is 3.95. The lowest BCUT2D eigenvalue weighted by Gasteiger charge is -2.24. The summed E-state index contributed by atoms with van der Waals surface area (Å²) in [6, 6.07) is 57.1. The molecule has 11 aromatic rings. The molecular weight excluding hydrogens is 695 g/mol. The molecule has 4 heterocycles. The van der Waals surface area contributed by atoms with E-state index in [1.807, 2.05) is 53.8 Å². The van der Waals surface area contributed by atoms with Gasteiger partial charge in [0.2, 0.25) is 0 Å². The summed E-state index contributed by atoms with van der Waals surface area (Å²) in [7, 11) is 0. The number of hydrogen-bond donors (Lipinski definition) is 1. The van der Waals surface area contributed by atoms with Crippen molar-refractivity contribution in [3.8, 4) is 11.1 Å². The van der Waals surface area contributed by atoms with Gasteiger partial charge in [0.15, 0.2) is 5.84 Å². The van der Waals surface area contributed by atoms with Gasteiger partial charge < -0.3 is 14.2 Å². The molecule has 0 aliphatic carbocycles. The van der Waals surface area contributed by atoms with Crippen LogP contribution in [0.1, 0.15) is 22.9 Å². The number of para-hydroxylation sites is 1. The quantitative estimate of drug-likeness (QED) is 0.197. The lowest BCUT2D eigenvalue weighted by molar-refractivity contribution is 0.669. The number of benzene rings is 8. The zero-order chi connectivity index (χ0) is 36.0. The smallest absolute Gasteiger partial charge is 0.159 e. The topological polar surface area (TPSA) is 63.0 Å². The molecular formula is C49H29N3O2S. The molecule has 1 atom stereocenters. The van der Waals surface area contributed by atoms with Crippen LogP contribution in [-0.4, -0.2) is 11.7 Å². The molecule has 5 nitrogen and oxygen atoms in total. The van der Waals surface area contributed by atoms with Crippen molar-refractivity contribution < 1.29 is 8.83 Å². The van der Waals surface area contributed by atoms with E-state index in [-0.39, 0.29) is 6.17 Å². The first-order valence-electron chi connectivity index (χ1n) is 18.4. The lowest BCUT2D eigenvalue weighted by Crippen LogP contribution is -2.33.